The Hall–Kier alpha value is -1.95. The summed E-state index contributed by atoms with van der Waals surface area (Å²) in [6.45, 7) is 3.80. The van der Waals surface area contributed by atoms with Crippen molar-refractivity contribution in [2.75, 3.05) is 31.1 Å². The van der Waals surface area contributed by atoms with Crippen molar-refractivity contribution in [3.8, 4) is 11.3 Å². The lowest BCUT2D eigenvalue weighted by atomic mass is 10.2. The molecule has 17 heavy (non-hydrogen) atoms. The first-order valence-electron chi connectivity index (χ1n) is 5.72. The molecule has 0 spiro atoms. The van der Waals surface area contributed by atoms with Crippen molar-refractivity contribution in [3.63, 3.8) is 0 Å². The maximum absolute atomic E-state index is 4.54. The van der Waals surface area contributed by atoms with Gasteiger partial charge in [-0.2, -0.15) is 5.10 Å². The van der Waals surface area contributed by atoms with E-state index in [0.29, 0.717) is 5.95 Å². The second-order valence-corrected chi connectivity index (χ2v) is 3.98. The summed E-state index contributed by atoms with van der Waals surface area (Å²) >= 11 is 0. The van der Waals surface area contributed by atoms with E-state index in [1.807, 2.05) is 18.5 Å². The van der Waals surface area contributed by atoms with Gasteiger partial charge in [0.05, 0.1) is 11.9 Å². The number of nitrogens with zero attached hydrogens (tertiary/aromatic N) is 4. The number of rotatable bonds is 2. The van der Waals surface area contributed by atoms with Crippen molar-refractivity contribution in [1.29, 1.82) is 0 Å². The van der Waals surface area contributed by atoms with Crippen LogP contribution in [0.4, 0.5) is 5.95 Å². The molecule has 1 aliphatic heterocycles. The molecule has 0 aliphatic carbocycles. The van der Waals surface area contributed by atoms with Gasteiger partial charge in [0.1, 0.15) is 0 Å². The van der Waals surface area contributed by atoms with Crippen LogP contribution >= 0.6 is 0 Å². The van der Waals surface area contributed by atoms with Crippen LogP contribution in [0.15, 0.2) is 24.7 Å². The number of H-pyrrole nitrogens is 1. The van der Waals surface area contributed by atoms with Gasteiger partial charge in [0.25, 0.3) is 0 Å². The minimum absolute atomic E-state index is 0.713. The van der Waals surface area contributed by atoms with Gasteiger partial charge < -0.3 is 15.2 Å². The smallest absolute Gasteiger partial charge is 0.245 e. The molecule has 88 valence electrons. The molecule has 3 rings (SSSR count). The maximum Gasteiger partial charge on any atom is 0.245 e. The third-order valence-electron chi connectivity index (χ3n) is 2.84. The molecule has 0 radical (unpaired) electrons. The van der Waals surface area contributed by atoms with Crippen LogP contribution in [0.1, 0.15) is 0 Å². The lowest BCUT2D eigenvalue weighted by molar-refractivity contribution is 0.577. The van der Waals surface area contributed by atoms with Crippen LogP contribution < -0.4 is 10.2 Å². The second kappa shape index (κ2) is 4.50. The summed E-state index contributed by atoms with van der Waals surface area (Å²) in [4.78, 5) is 9.71. The summed E-state index contributed by atoms with van der Waals surface area (Å²) in [6.07, 6.45) is 5.47. The highest BCUT2D eigenvalue weighted by Gasteiger charge is 2.14. The Morgan fingerprint density at radius 3 is 2.88 bits per heavy atom. The predicted molar refractivity (Wildman–Crippen MR) is 64.7 cm³/mol. The van der Waals surface area contributed by atoms with E-state index in [0.717, 1.165) is 37.4 Å². The van der Waals surface area contributed by atoms with Crippen LogP contribution in [-0.4, -0.2) is 46.3 Å². The van der Waals surface area contributed by atoms with E-state index < -0.39 is 0 Å². The van der Waals surface area contributed by atoms with E-state index in [9.17, 15) is 0 Å². The molecular weight excluding hydrogens is 216 g/mol. The Bertz CT molecular complexity index is 474. The van der Waals surface area contributed by atoms with Crippen molar-refractivity contribution in [2.24, 2.45) is 0 Å². The molecule has 0 aromatic carbocycles. The maximum atomic E-state index is 4.54. The molecule has 1 fully saturated rings. The Labute approximate surface area is 99.1 Å². The number of piperazine rings is 1. The average Bonchev–Trinajstić information content (AvgIpc) is 2.94. The van der Waals surface area contributed by atoms with Crippen molar-refractivity contribution in [3.05, 3.63) is 24.7 Å². The highest BCUT2D eigenvalue weighted by molar-refractivity contribution is 5.58. The molecule has 0 atom stereocenters. The molecule has 1 aliphatic rings. The van der Waals surface area contributed by atoms with Crippen LogP contribution in [0.25, 0.3) is 11.3 Å². The molecule has 0 saturated carbocycles. The highest BCUT2D eigenvalue weighted by atomic mass is 15.3. The Balaban J connectivity index is 1.88. The van der Waals surface area contributed by atoms with E-state index in [-0.39, 0.29) is 0 Å². The number of aromatic amines is 1. The van der Waals surface area contributed by atoms with Crippen molar-refractivity contribution < 1.29 is 0 Å². The van der Waals surface area contributed by atoms with Gasteiger partial charge in [-0.25, -0.2) is 4.98 Å². The largest absolute Gasteiger partial charge is 0.367 e. The monoisotopic (exact) mass is 230 g/mol. The number of hydrogen-bond acceptors (Lipinski definition) is 5. The van der Waals surface area contributed by atoms with Crippen molar-refractivity contribution in [2.45, 2.75) is 0 Å². The molecule has 0 amide bonds. The predicted octanol–water partition coefficient (Wildman–Crippen LogP) is 0.276. The number of hydrogen-bond donors (Lipinski definition) is 2. The Morgan fingerprint density at radius 1 is 1.24 bits per heavy atom. The van der Waals surface area contributed by atoms with Gasteiger partial charge in [-0.1, -0.05) is 0 Å². The second-order valence-electron chi connectivity index (χ2n) is 3.98. The zero-order chi connectivity index (χ0) is 11.5. The summed E-state index contributed by atoms with van der Waals surface area (Å²) in [7, 11) is 0. The molecule has 3 heterocycles. The molecule has 2 aromatic heterocycles. The van der Waals surface area contributed by atoms with Crippen LogP contribution in [0.3, 0.4) is 0 Å². The molecular formula is C11H14N6. The van der Waals surface area contributed by atoms with Gasteiger partial charge in [-0.05, 0) is 6.07 Å². The number of nitrogens with one attached hydrogen (secondary N) is 2. The van der Waals surface area contributed by atoms with Gasteiger partial charge in [0.2, 0.25) is 5.95 Å². The third kappa shape index (κ3) is 2.12. The third-order valence-corrected chi connectivity index (χ3v) is 2.84. The zero-order valence-electron chi connectivity index (χ0n) is 9.43. The van der Waals surface area contributed by atoms with Gasteiger partial charge in [0.15, 0.2) is 0 Å². The molecule has 6 heteroatoms. The molecule has 0 unspecified atom stereocenters. The Kier molecular flexibility index (Phi) is 2.71. The van der Waals surface area contributed by atoms with E-state index >= 15 is 0 Å². The van der Waals surface area contributed by atoms with Crippen molar-refractivity contribution in [1.82, 2.24) is 25.5 Å². The molecule has 6 nitrogen and oxygen atoms in total. The van der Waals surface area contributed by atoms with Crippen LogP contribution in [0, 0.1) is 0 Å². The van der Waals surface area contributed by atoms with Gasteiger partial charge in [-0.3, -0.25) is 0 Å². The minimum Gasteiger partial charge on any atom is -0.367 e. The summed E-state index contributed by atoms with van der Waals surface area (Å²) in [5.41, 5.74) is 1.89. The molecule has 2 aromatic rings. The van der Waals surface area contributed by atoms with E-state index in [2.05, 4.69) is 30.4 Å². The summed E-state index contributed by atoms with van der Waals surface area (Å²) in [6, 6.07) is 1.98. The number of aromatic nitrogens is 4. The lowest BCUT2D eigenvalue weighted by Crippen LogP contribution is -2.44. The van der Waals surface area contributed by atoms with E-state index in [4.69, 9.17) is 0 Å². The average molecular weight is 230 g/mol. The van der Waals surface area contributed by atoms with Gasteiger partial charge in [-0.15, -0.1) is 5.10 Å². The zero-order valence-corrected chi connectivity index (χ0v) is 9.43. The van der Waals surface area contributed by atoms with E-state index in [1.165, 1.54) is 0 Å². The highest BCUT2D eigenvalue weighted by Crippen LogP contribution is 2.17. The quantitative estimate of drug-likeness (QED) is 0.775. The van der Waals surface area contributed by atoms with Crippen LogP contribution in [-0.2, 0) is 0 Å². The van der Waals surface area contributed by atoms with Gasteiger partial charge >= 0.3 is 0 Å². The van der Waals surface area contributed by atoms with Gasteiger partial charge in [0, 0.05) is 44.1 Å². The normalized spacial score (nSPS) is 16.1. The topological polar surface area (TPSA) is 69.7 Å². The lowest BCUT2D eigenvalue weighted by Gasteiger charge is -2.26. The van der Waals surface area contributed by atoms with E-state index in [1.54, 1.807) is 6.20 Å². The fraction of sp³-hybridized carbons (Fsp3) is 0.364. The fourth-order valence-corrected chi connectivity index (χ4v) is 1.92. The first-order valence-corrected chi connectivity index (χ1v) is 5.72. The minimum atomic E-state index is 0.713. The summed E-state index contributed by atoms with van der Waals surface area (Å²) in [5.74, 6) is 0.713. The van der Waals surface area contributed by atoms with Crippen LogP contribution in [0.5, 0.6) is 0 Å². The van der Waals surface area contributed by atoms with Crippen molar-refractivity contribution >= 4 is 5.95 Å². The molecule has 2 N–H and O–H groups in total. The molecule has 1 saturated heterocycles. The standard InChI is InChI=1S/C11H14N6/c1-2-13-7-9(1)10-8-14-16-11(15-10)17-5-3-12-4-6-17/h1-2,7-8,12-13H,3-6H2. The number of anilines is 1. The molecule has 0 bridgehead atoms. The summed E-state index contributed by atoms with van der Waals surface area (Å²) in [5, 5.41) is 11.4. The summed E-state index contributed by atoms with van der Waals surface area (Å²) < 4.78 is 0. The SMILES string of the molecule is c1cc(-c2cnnc(N3CCNCC3)n2)c[nH]1. The Morgan fingerprint density at radius 2 is 2.12 bits per heavy atom. The first kappa shape index (κ1) is 10.2. The first-order chi connectivity index (χ1) is 8.43. The fourth-order valence-electron chi connectivity index (χ4n) is 1.92. The van der Waals surface area contributed by atoms with Crippen LogP contribution in [0.2, 0.25) is 0 Å².